The summed E-state index contributed by atoms with van der Waals surface area (Å²) >= 11 is 0. The molecule has 0 bridgehead atoms. The standard InChI is InChI=1S/C11H19N3/c1-3-7-12-8-10-5-6-11(13-4-2)14-9-10/h5-6,9,12H,3-4,7-8H2,1-2H3,(H,13,14). The van der Waals surface area contributed by atoms with Crippen LogP contribution in [-0.4, -0.2) is 18.1 Å². The van der Waals surface area contributed by atoms with E-state index in [1.807, 2.05) is 12.3 Å². The Hall–Kier alpha value is -1.09. The molecule has 3 heteroatoms. The highest BCUT2D eigenvalue weighted by atomic mass is 15.0. The average Bonchev–Trinajstić information content (AvgIpc) is 2.21. The summed E-state index contributed by atoms with van der Waals surface area (Å²) in [6.45, 7) is 7.13. The fraction of sp³-hybridized carbons (Fsp3) is 0.545. The second-order valence-corrected chi connectivity index (χ2v) is 3.26. The molecule has 0 saturated carbocycles. The van der Waals surface area contributed by atoms with Crippen molar-refractivity contribution in [3.63, 3.8) is 0 Å². The van der Waals surface area contributed by atoms with E-state index in [9.17, 15) is 0 Å². The molecular formula is C11H19N3. The first kappa shape index (κ1) is 11.0. The van der Waals surface area contributed by atoms with Crippen LogP contribution in [0.15, 0.2) is 18.3 Å². The van der Waals surface area contributed by atoms with E-state index in [0.29, 0.717) is 0 Å². The third-order valence-corrected chi connectivity index (χ3v) is 1.94. The molecule has 1 aromatic rings. The Morgan fingerprint density at radius 2 is 2.14 bits per heavy atom. The lowest BCUT2D eigenvalue weighted by Crippen LogP contribution is -2.13. The summed E-state index contributed by atoms with van der Waals surface area (Å²) in [4.78, 5) is 4.30. The minimum atomic E-state index is 0.910. The van der Waals surface area contributed by atoms with Crippen molar-refractivity contribution >= 4 is 5.82 Å². The van der Waals surface area contributed by atoms with Gasteiger partial charge in [0.1, 0.15) is 5.82 Å². The Balaban J connectivity index is 2.38. The minimum absolute atomic E-state index is 0.910. The lowest BCUT2D eigenvalue weighted by atomic mass is 10.3. The summed E-state index contributed by atoms with van der Waals surface area (Å²) in [5.74, 6) is 0.951. The molecule has 3 nitrogen and oxygen atoms in total. The Morgan fingerprint density at radius 3 is 2.71 bits per heavy atom. The van der Waals surface area contributed by atoms with E-state index in [2.05, 4.69) is 35.5 Å². The molecule has 0 aliphatic heterocycles. The van der Waals surface area contributed by atoms with Crippen molar-refractivity contribution in [2.24, 2.45) is 0 Å². The molecule has 1 rings (SSSR count). The van der Waals surface area contributed by atoms with Crippen LogP contribution < -0.4 is 10.6 Å². The Kier molecular flexibility index (Phi) is 5.00. The normalized spacial score (nSPS) is 10.1. The van der Waals surface area contributed by atoms with Crippen molar-refractivity contribution in [3.05, 3.63) is 23.9 Å². The van der Waals surface area contributed by atoms with Crippen molar-refractivity contribution < 1.29 is 0 Å². The largest absolute Gasteiger partial charge is 0.370 e. The maximum Gasteiger partial charge on any atom is 0.125 e. The fourth-order valence-electron chi connectivity index (χ4n) is 1.22. The summed E-state index contributed by atoms with van der Waals surface area (Å²) < 4.78 is 0. The molecule has 0 amide bonds. The van der Waals surface area contributed by atoms with Gasteiger partial charge in [0.15, 0.2) is 0 Å². The first-order valence-corrected chi connectivity index (χ1v) is 5.26. The van der Waals surface area contributed by atoms with Crippen LogP contribution in [0.2, 0.25) is 0 Å². The molecule has 0 radical (unpaired) electrons. The third kappa shape index (κ3) is 3.75. The van der Waals surface area contributed by atoms with Crippen LogP contribution in [0.25, 0.3) is 0 Å². The zero-order valence-corrected chi connectivity index (χ0v) is 9.01. The van der Waals surface area contributed by atoms with Crippen molar-refractivity contribution in [1.29, 1.82) is 0 Å². The van der Waals surface area contributed by atoms with Gasteiger partial charge in [-0.1, -0.05) is 13.0 Å². The van der Waals surface area contributed by atoms with Gasteiger partial charge < -0.3 is 10.6 Å². The van der Waals surface area contributed by atoms with Gasteiger partial charge in [-0.2, -0.15) is 0 Å². The molecule has 0 aliphatic carbocycles. The Labute approximate surface area is 85.9 Å². The van der Waals surface area contributed by atoms with Gasteiger partial charge in [0.05, 0.1) is 0 Å². The predicted octanol–water partition coefficient (Wildman–Crippen LogP) is 2.01. The molecule has 0 aliphatic rings. The lowest BCUT2D eigenvalue weighted by Gasteiger charge is -2.05. The topological polar surface area (TPSA) is 37.0 Å². The smallest absolute Gasteiger partial charge is 0.125 e. The molecule has 14 heavy (non-hydrogen) atoms. The maximum absolute atomic E-state index is 4.30. The molecule has 2 N–H and O–H groups in total. The summed E-state index contributed by atoms with van der Waals surface area (Å²) in [6, 6.07) is 4.13. The number of anilines is 1. The lowest BCUT2D eigenvalue weighted by molar-refractivity contribution is 0.674. The van der Waals surface area contributed by atoms with Crippen LogP contribution in [0.5, 0.6) is 0 Å². The van der Waals surface area contributed by atoms with Gasteiger partial charge in [0.2, 0.25) is 0 Å². The number of rotatable bonds is 6. The minimum Gasteiger partial charge on any atom is -0.370 e. The first-order chi connectivity index (χ1) is 6.86. The summed E-state index contributed by atoms with van der Waals surface area (Å²) in [5, 5.41) is 6.51. The SMILES string of the molecule is CCCNCc1ccc(NCC)nc1. The summed E-state index contributed by atoms with van der Waals surface area (Å²) in [6.07, 6.45) is 3.09. The molecule has 0 aromatic carbocycles. The van der Waals surface area contributed by atoms with Crippen LogP contribution >= 0.6 is 0 Å². The molecule has 0 saturated heterocycles. The van der Waals surface area contributed by atoms with E-state index in [0.717, 1.165) is 25.5 Å². The van der Waals surface area contributed by atoms with Gasteiger partial charge in [-0.05, 0) is 31.5 Å². The second-order valence-electron chi connectivity index (χ2n) is 3.26. The number of hydrogen-bond donors (Lipinski definition) is 2. The van der Waals surface area contributed by atoms with Crippen LogP contribution in [0.1, 0.15) is 25.8 Å². The first-order valence-electron chi connectivity index (χ1n) is 5.26. The molecule has 78 valence electrons. The van der Waals surface area contributed by atoms with Crippen molar-refractivity contribution in [2.45, 2.75) is 26.8 Å². The summed E-state index contributed by atoms with van der Waals surface area (Å²) in [7, 11) is 0. The van der Waals surface area contributed by atoms with E-state index >= 15 is 0 Å². The van der Waals surface area contributed by atoms with Gasteiger partial charge in [-0.25, -0.2) is 4.98 Å². The van der Waals surface area contributed by atoms with Crippen LogP contribution in [0.4, 0.5) is 5.82 Å². The number of hydrogen-bond acceptors (Lipinski definition) is 3. The fourth-order valence-corrected chi connectivity index (χ4v) is 1.22. The van der Waals surface area contributed by atoms with Crippen LogP contribution in [0, 0.1) is 0 Å². The average molecular weight is 193 g/mol. The van der Waals surface area contributed by atoms with E-state index in [-0.39, 0.29) is 0 Å². The number of nitrogens with zero attached hydrogens (tertiary/aromatic N) is 1. The van der Waals surface area contributed by atoms with Gasteiger partial charge in [0.25, 0.3) is 0 Å². The molecule has 0 atom stereocenters. The quantitative estimate of drug-likeness (QED) is 0.679. The molecule has 0 fully saturated rings. The monoisotopic (exact) mass is 193 g/mol. The van der Waals surface area contributed by atoms with E-state index < -0.39 is 0 Å². The Morgan fingerprint density at radius 1 is 1.29 bits per heavy atom. The van der Waals surface area contributed by atoms with Gasteiger partial charge >= 0.3 is 0 Å². The Bertz CT molecular complexity index is 243. The van der Waals surface area contributed by atoms with Gasteiger partial charge in [-0.15, -0.1) is 0 Å². The second kappa shape index (κ2) is 6.38. The zero-order chi connectivity index (χ0) is 10.2. The molecule has 0 unspecified atom stereocenters. The van der Waals surface area contributed by atoms with Crippen LogP contribution in [-0.2, 0) is 6.54 Å². The van der Waals surface area contributed by atoms with E-state index in [1.54, 1.807) is 0 Å². The van der Waals surface area contributed by atoms with Crippen LogP contribution in [0.3, 0.4) is 0 Å². The predicted molar refractivity (Wildman–Crippen MR) is 60.4 cm³/mol. The number of pyridine rings is 1. The number of nitrogens with one attached hydrogen (secondary N) is 2. The van der Waals surface area contributed by atoms with Gasteiger partial charge in [-0.3, -0.25) is 0 Å². The van der Waals surface area contributed by atoms with Crippen molar-refractivity contribution in [1.82, 2.24) is 10.3 Å². The molecule has 1 heterocycles. The highest BCUT2D eigenvalue weighted by Crippen LogP contribution is 2.04. The van der Waals surface area contributed by atoms with E-state index in [1.165, 1.54) is 12.0 Å². The number of aromatic nitrogens is 1. The van der Waals surface area contributed by atoms with E-state index in [4.69, 9.17) is 0 Å². The van der Waals surface area contributed by atoms with Crippen molar-refractivity contribution in [3.8, 4) is 0 Å². The highest BCUT2D eigenvalue weighted by molar-refractivity contribution is 5.35. The maximum atomic E-state index is 4.30. The zero-order valence-electron chi connectivity index (χ0n) is 9.01. The molecular weight excluding hydrogens is 174 g/mol. The summed E-state index contributed by atoms with van der Waals surface area (Å²) in [5.41, 5.74) is 1.24. The van der Waals surface area contributed by atoms with Crippen molar-refractivity contribution in [2.75, 3.05) is 18.4 Å². The third-order valence-electron chi connectivity index (χ3n) is 1.94. The molecule has 1 aromatic heterocycles. The highest BCUT2D eigenvalue weighted by Gasteiger charge is 1.93. The van der Waals surface area contributed by atoms with Gasteiger partial charge in [0, 0.05) is 19.3 Å². The molecule has 0 spiro atoms.